The highest BCUT2D eigenvalue weighted by atomic mass is 19.1. The molecule has 0 aliphatic carbocycles. The molecule has 1 saturated heterocycles. The van der Waals surface area contributed by atoms with Gasteiger partial charge < -0.3 is 25.6 Å². The highest BCUT2D eigenvalue weighted by molar-refractivity contribution is 5.96. The summed E-state index contributed by atoms with van der Waals surface area (Å²) in [4.78, 5) is 49.0. The lowest BCUT2D eigenvalue weighted by Crippen LogP contribution is -2.46. The molecule has 1 heterocycles. The van der Waals surface area contributed by atoms with Gasteiger partial charge in [0.1, 0.15) is 5.82 Å². The largest absolute Gasteiger partial charge is 0.450 e. The summed E-state index contributed by atoms with van der Waals surface area (Å²) in [6, 6.07) is 5.03. The Morgan fingerprint density at radius 2 is 1.74 bits per heavy atom. The Morgan fingerprint density at radius 1 is 1.06 bits per heavy atom. The van der Waals surface area contributed by atoms with Gasteiger partial charge in [0.2, 0.25) is 11.8 Å². The van der Waals surface area contributed by atoms with Crippen molar-refractivity contribution in [3.8, 4) is 0 Å². The lowest BCUT2D eigenvalue weighted by atomic mass is 10.1. The topological polar surface area (TPSA) is 117 Å². The van der Waals surface area contributed by atoms with Gasteiger partial charge in [0.15, 0.2) is 0 Å². The van der Waals surface area contributed by atoms with Gasteiger partial charge in [-0.1, -0.05) is 0 Å². The van der Waals surface area contributed by atoms with Gasteiger partial charge in [0, 0.05) is 37.7 Å². The summed E-state index contributed by atoms with van der Waals surface area (Å²) in [6.07, 6.45) is 1.76. The van der Waals surface area contributed by atoms with Gasteiger partial charge >= 0.3 is 6.09 Å². The van der Waals surface area contributed by atoms with E-state index in [0.717, 1.165) is 0 Å². The van der Waals surface area contributed by atoms with Crippen LogP contribution in [0.1, 0.15) is 43.0 Å². The second-order valence-corrected chi connectivity index (χ2v) is 7.17. The van der Waals surface area contributed by atoms with Gasteiger partial charge in [0.05, 0.1) is 13.2 Å². The highest BCUT2D eigenvalue weighted by Crippen LogP contribution is 2.11. The SMILES string of the molecule is CCOC(=O)N1CCC(NC(=O)CCCNC(=O)CNC(=O)c2ccc(F)cc2)CC1. The van der Waals surface area contributed by atoms with Crippen LogP contribution in [0.2, 0.25) is 0 Å². The third-order valence-corrected chi connectivity index (χ3v) is 4.80. The first-order valence-electron chi connectivity index (χ1n) is 10.4. The summed E-state index contributed by atoms with van der Waals surface area (Å²) in [6.45, 7) is 3.29. The minimum atomic E-state index is -0.469. The van der Waals surface area contributed by atoms with Crippen molar-refractivity contribution in [3.63, 3.8) is 0 Å². The van der Waals surface area contributed by atoms with E-state index in [1.807, 2.05) is 0 Å². The Bertz CT molecular complexity index is 764. The summed E-state index contributed by atoms with van der Waals surface area (Å²) >= 11 is 0. The van der Waals surface area contributed by atoms with Crippen molar-refractivity contribution in [2.24, 2.45) is 0 Å². The molecule has 1 aliphatic rings. The fourth-order valence-corrected chi connectivity index (χ4v) is 3.12. The van der Waals surface area contributed by atoms with Gasteiger partial charge in [0.25, 0.3) is 5.91 Å². The van der Waals surface area contributed by atoms with E-state index in [-0.39, 0.29) is 42.5 Å². The molecular formula is C21H29FN4O5. The molecule has 31 heavy (non-hydrogen) atoms. The van der Waals surface area contributed by atoms with Gasteiger partial charge in [-0.2, -0.15) is 0 Å². The number of halogens is 1. The number of amides is 4. The third-order valence-electron chi connectivity index (χ3n) is 4.80. The number of piperidine rings is 1. The fourth-order valence-electron chi connectivity index (χ4n) is 3.12. The standard InChI is InChI=1S/C21H29FN4O5/c1-2-31-21(30)26-12-9-17(10-13-26)25-18(27)4-3-11-23-19(28)14-24-20(29)15-5-7-16(22)8-6-15/h5-8,17H,2-4,9-14H2,1H3,(H,23,28)(H,24,29)(H,25,27). The number of hydrogen-bond donors (Lipinski definition) is 3. The molecular weight excluding hydrogens is 407 g/mol. The van der Waals surface area contributed by atoms with E-state index < -0.39 is 11.7 Å². The maximum Gasteiger partial charge on any atom is 0.409 e. The normalized spacial score (nSPS) is 13.9. The molecule has 1 fully saturated rings. The lowest BCUT2D eigenvalue weighted by molar-refractivity contribution is -0.123. The van der Waals surface area contributed by atoms with E-state index in [2.05, 4.69) is 16.0 Å². The molecule has 9 nitrogen and oxygen atoms in total. The van der Waals surface area contributed by atoms with Crippen LogP contribution < -0.4 is 16.0 Å². The maximum absolute atomic E-state index is 12.9. The minimum absolute atomic E-state index is 0.0226. The van der Waals surface area contributed by atoms with E-state index >= 15 is 0 Å². The molecule has 1 aromatic carbocycles. The molecule has 4 amide bonds. The minimum Gasteiger partial charge on any atom is -0.450 e. The average molecular weight is 436 g/mol. The smallest absolute Gasteiger partial charge is 0.409 e. The van der Waals surface area contributed by atoms with Crippen LogP contribution in [0.15, 0.2) is 24.3 Å². The predicted molar refractivity (Wildman–Crippen MR) is 111 cm³/mol. The highest BCUT2D eigenvalue weighted by Gasteiger charge is 2.24. The average Bonchev–Trinajstić information content (AvgIpc) is 2.76. The molecule has 170 valence electrons. The van der Waals surface area contributed by atoms with Crippen LogP contribution in [0.25, 0.3) is 0 Å². The van der Waals surface area contributed by atoms with Gasteiger partial charge in [-0.25, -0.2) is 9.18 Å². The number of nitrogens with one attached hydrogen (secondary N) is 3. The second kappa shape index (κ2) is 12.5. The van der Waals surface area contributed by atoms with Gasteiger partial charge in [-0.15, -0.1) is 0 Å². The van der Waals surface area contributed by atoms with Crippen molar-refractivity contribution < 1.29 is 28.3 Å². The maximum atomic E-state index is 12.9. The van der Waals surface area contributed by atoms with E-state index in [9.17, 15) is 23.6 Å². The fraction of sp³-hybridized carbons (Fsp3) is 0.524. The van der Waals surface area contributed by atoms with Crippen LogP contribution >= 0.6 is 0 Å². The summed E-state index contributed by atoms with van der Waals surface area (Å²) in [5.74, 6) is -1.39. The van der Waals surface area contributed by atoms with Gasteiger partial charge in [-0.05, 0) is 50.5 Å². The summed E-state index contributed by atoms with van der Waals surface area (Å²) in [7, 11) is 0. The summed E-state index contributed by atoms with van der Waals surface area (Å²) < 4.78 is 17.8. The lowest BCUT2D eigenvalue weighted by Gasteiger charge is -2.31. The first-order chi connectivity index (χ1) is 14.9. The first-order valence-corrected chi connectivity index (χ1v) is 10.4. The molecule has 0 radical (unpaired) electrons. The van der Waals surface area contributed by atoms with E-state index in [4.69, 9.17) is 4.74 Å². The summed E-state index contributed by atoms with van der Waals surface area (Å²) in [5.41, 5.74) is 0.263. The van der Waals surface area contributed by atoms with Crippen LogP contribution in [-0.2, 0) is 14.3 Å². The van der Waals surface area contributed by atoms with E-state index in [1.165, 1.54) is 24.3 Å². The molecule has 0 atom stereocenters. The quantitative estimate of drug-likeness (QED) is 0.503. The zero-order valence-corrected chi connectivity index (χ0v) is 17.6. The van der Waals surface area contributed by atoms with Crippen LogP contribution in [0.3, 0.4) is 0 Å². The van der Waals surface area contributed by atoms with Crippen LogP contribution in [0, 0.1) is 5.82 Å². The number of carbonyl (C=O) groups excluding carboxylic acids is 4. The van der Waals surface area contributed by atoms with E-state index in [1.54, 1.807) is 11.8 Å². The number of carbonyl (C=O) groups is 4. The number of ether oxygens (including phenoxy) is 1. The molecule has 1 aliphatic heterocycles. The molecule has 1 aromatic rings. The molecule has 3 N–H and O–H groups in total. The summed E-state index contributed by atoms with van der Waals surface area (Å²) in [5, 5.41) is 8.03. The van der Waals surface area contributed by atoms with Crippen molar-refractivity contribution in [2.75, 3.05) is 32.8 Å². The van der Waals surface area contributed by atoms with Crippen molar-refractivity contribution >= 4 is 23.8 Å². The molecule has 10 heteroatoms. The zero-order chi connectivity index (χ0) is 22.6. The number of rotatable bonds is 9. The Labute approximate surface area is 180 Å². The molecule has 0 saturated carbocycles. The Hall–Kier alpha value is -3.17. The Kier molecular flexibility index (Phi) is 9.73. The van der Waals surface area contributed by atoms with Crippen molar-refractivity contribution in [2.45, 2.75) is 38.6 Å². The van der Waals surface area contributed by atoms with Crippen molar-refractivity contribution in [3.05, 3.63) is 35.6 Å². The van der Waals surface area contributed by atoms with Crippen molar-refractivity contribution in [1.29, 1.82) is 0 Å². The number of likely N-dealkylation sites (tertiary alicyclic amines) is 1. The van der Waals surface area contributed by atoms with Crippen LogP contribution in [-0.4, -0.2) is 67.5 Å². The molecule has 0 aromatic heterocycles. The number of nitrogens with zero attached hydrogens (tertiary/aromatic N) is 1. The van der Waals surface area contributed by atoms with Crippen LogP contribution in [0.4, 0.5) is 9.18 Å². The second-order valence-electron chi connectivity index (χ2n) is 7.17. The Balaban J connectivity index is 1.54. The monoisotopic (exact) mass is 436 g/mol. The Morgan fingerprint density at radius 3 is 2.39 bits per heavy atom. The third kappa shape index (κ3) is 8.61. The predicted octanol–water partition coefficient (Wildman–Crippen LogP) is 1.19. The molecule has 0 bridgehead atoms. The number of hydrogen-bond acceptors (Lipinski definition) is 5. The number of benzene rings is 1. The van der Waals surface area contributed by atoms with Crippen molar-refractivity contribution in [1.82, 2.24) is 20.9 Å². The zero-order valence-electron chi connectivity index (χ0n) is 17.6. The van der Waals surface area contributed by atoms with E-state index in [0.29, 0.717) is 45.5 Å². The molecule has 0 spiro atoms. The van der Waals surface area contributed by atoms with Gasteiger partial charge in [-0.3, -0.25) is 14.4 Å². The molecule has 0 unspecified atom stereocenters. The van der Waals surface area contributed by atoms with Crippen LogP contribution in [0.5, 0.6) is 0 Å². The first kappa shape index (κ1) is 24.1. The molecule has 2 rings (SSSR count).